The van der Waals surface area contributed by atoms with Crippen LogP contribution in [0.5, 0.6) is 11.5 Å². The third-order valence-electron chi connectivity index (χ3n) is 2.89. The number of nitrogens with zero attached hydrogens (tertiary/aromatic N) is 1. The molecule has 0 aliphatic carbocycles. The van der Waals surface area contributed by atoms with E-state index in [0.29, 0.717) is 12.3 Å². The van der Waals surface area contributed by atoms with Crippen LogP contribution in [-0.2, 0) is 0 Å². The van der Waals surface area contributed by atoms with Crippen molar-refractivity contribution in [3.05, 3.63) is 46.9 Å². The molecule has 1 heterocycles. The van der Waals surface area contributed by atoms with E-state index >= 15 is 0 Å². The first-order valence-electron chi connectivity index (χ1n) is 6.20. The normalized spacial score (nSPS) is 10.2. The molecule has 0 fully saturated rings. The number of hydrogen-bond acceptors (Lipinski definition) is 6. The number of carboxylic acid groups (broad SMARTS) is 2. The van der Waals surface area contributed by atoms with Crippen molar-refractivity contribution in [1.82, 2.24) is 4.98 Å². The van der Waals surface area contributed by atoms with Gasteiger partial charge in [0, 0.05) is 0 Å². The van der Waals surface area contributed by atoms with Crippen molar-refractivity contribution in [2.75, 3.05) is 5.32 Å². The van der Waals surface area contributed by atoms with Gasteiger partial charge in [0.2, 0.25) is 0 Å². The van der Waals surface area contributed by atoms with Gasteiger partial charge in [-0.25, -0.2) is 19.0 Å². The fraction of sp³-hybridized carbons (Fsp3) is 0. The fourth-order valence-corrected chi connectivity index (χ4v) is 1.83. The van der Waals surface area contributed by atoms with Crippen LogP contribution in [0.4, 0.5) is 10.2 Å². The molecule has 2 rings (SSSR count). The van der Waals surface area contributed by atoms with Crippen LogP contribution in [0.15, 0.2) is 24.4 Å². The number of carbonyl (C=O) groups excluding carboxylic acids is 1. The predicted octanol–water partition coefficient (Wildman–Crippen LogP) is 1.28. The van der Waals surface area contributed by atoms with Gasteiger partial charge in [-0.1, -0.05) is 0 Å². The smallest absolute Gasteiger partial charge is 0.339 e. The zero-order valence-corrected chi connectivity index (χ0v) is 11.6. The molecule has 24 heavy (non-hydrogen) atoms. The summed E-state index contributed by atoms with van der Waals surface area (Å²) in [5.74, 6) is -7.32. The molecule has 0 atom stereocenters. The molecule has 10 heteroatoms. The van der Waals surface area contributed by atoms with Crippen molar-refractivity contribution < 1.29 is 39.2 Å². The number of pyridine rings is 1. The molecule has 0 aliphatic rings. The predicted molar refractivity (Wildman–Crippen MR) is 75.8 cm³/mol. The summed E-state index contributed by atoms with van der Waals surface area (Å²) in [6, 6.07) is 2.13. The summed E-state index contributed by atoms with van der Waals surface area (Å²) < 4.78 is 13.0. The quantitative estimate of drug-likeness (QED) is 0.522. The van der Waals surface area contributed by atoms with E-state index in [1.807, 2.05) is 5.32 Å². The Balaban J connectivity index is 2.45. The lowest BCUT2D eigenvalue weighted by molar-refractivity contribution is 0.0684. The van der Waals surface area contributed by atoms with Crippen LogP contribution in [0.3, 0.4) is 0 Å². The Kier molecular flexibility index (Phi) is 4.31. The van der Waals surface area contributed by atoms with Crippen molar-refractivity contribution in [2.45, 2.75) is 0 Å². The minimum atomic E-state index is -1.59. The lowest BCUT2D eigenvalue weighted by Crippen LogP contribution is -2.17. The monoisotopic (exact) mass is 336 g/mol. The molecule has 1 aromatic carbocycles. The van der Waals surface area contributed by atoms with E-state index in [0.717, 1.165) is 12.1 Å². The first-order chi connectivity index (χ1) is 11.2. The lowest BCUT2D eigenvalue weighted by Gasteiger charge is -2.10. The van der Waals surface area contributed by atoms with Crippen LogP contribution >= 0.6 is 0 Å². The molecule has 9 nitrogen and oxygen atoms in total. The first kappa shape index (κ1) is 16.7. The van der Waals surface area contributed by atoms with Crippen LogP contribution in [0, 0.1) is 5.82 Å². The summed E-state index contributed by atoms with van der Waals surface area (Å²) in [7, 11) is 0. The van der Waals surface area contributed by atoms with Gasteiger partial charge >= 0.3 is 11.9 Å². The molecular weight excluding hydrogens is 327 g/mol. The minimum absolute atomic E-state index is 0.520. The summed E-state index contributed by atoms with van der Waals surface area (Å²) in [6.07, 6.45) is 0.660. The first-order valence-corrected chi connectivity index (χ1v) is 6.20. The Hall–Kier alpha value is -3.69. The average Bonchev–Trinajstić information content (AvgIpc) is 2.50. The van der Waals surface area contributed by atoms with Crippen molar-refractivity contribution in [2.24, 2.45) is 0 Å². The number of aromatic nitrogens is 1. The number of carbonyl (C=O) groups is 3. The van der Waals surface area contributed by atoms with Gasteiger partial charge in [-0.3, -0.25) is 4.79 Å². The molecule has 0 radical (unpaired) electrons. The van der Waals surface area contributed by atoms with Crippen LogP contribution in [-0.4, -0.2) is 43.3 Å². The van der Waals surface area contributed by atoms with Crippen LogP contribution in [0.25, 0.3) is 0 Å². The van der Waals surface area contributed by atoms with Gasteiger partial charge in [-0.05, 0) is 18.2 Å². The highest BCUT2D eigenvalue weighted by Crippen LogP contribution is 2.29. The lowest BCUT2D eigenvalue weighted by atomic mass is 10.1. The number of rotatable bonds is 4. The van der Waals surface area contributed by atoms with Crippen molar-refractivity contribution >= 4 is 23.7 Å². The van der Waals surface area contributed by atoms with Gasteiger partial charge in [0.25, 0.3) is 5.91 Å². The highest BCUT2D eigenvalue weighted by Gasteiger charge is 2.22. The van der Waals surface area contributed by atoms with E-state index in [1.165, 1.54) is 0 Å². The number of nitrogens with one attached hydrogen (secondary N) is 1. The second-order valence-corrected chi connectivity index (χ2v) is 4.50. The Labute approximate surface area is 132 Å². The van der Waals surface area contributed by atoms with Gasteiger partial charge in [-0.2, -0.15) is 0 Å². The molecule has 0 saturated heterocycles. The van der Waals surface area contributed by atoms with Crippen molar-refractivity contribution in [3.63, 3.8) is 0 Å². The maximum Gasteiger partial charge on any atom is 0.339 e. The maximum absolute atomic E-state index is 13.0. The zero-order valence-electron chi connectivity index (χ0n) is 11.6. The SMILES string of the molecule is O=C(O)c1cc(F)cnc1NC(=O)c1cc(O)cc(C(=O)O)c1O. The minimum Gasteiger partial charge on any atom is -0.508 e. The number of amides is 1. The van der Waals surface area contributed by atoms with Crippen molar-refractivity contribution in [1.29, 1.82) is 0 Å². The summed E-state index contributed by atoms with van der Waals surface area (Å²) in [6.45, 7) is 0. The molecule has 0 saturated carbocycles. The van der Waals surface area contributed by atoms with E-state index in [-0.39, 0.29) is 0 Å². The molecule has 124 valence electrons. The zero-order chi connectivity index (χ0) is 18.0. The van der Waals surface area contributed by atoms with Gasteiger partial charge in [0.1, 0.15) is 34.3 Å². The molecule has 1 aromatic heterocycles. The van der Waals surface area contributed by atoms with Gasteiger partial charge in [0.05, 0.1) is 11.8 Å². The number of halogens is 1. The second kappa shape index (κ2) is 6.20. The molecule has 0 spiro atoms. The average molecular weight is 336 g/mol. The van der Waals surface area contributed by atoms with E-state index in [9.17, 15) is 29.0 Å². The topological polar surface area (TPSA) is 157 Å². The molecule has 0 unspecified atom stereocenters. The Morgan fingerprint density at radius 2 is 1.54 bits per heavy atom. The number of aromatic hydroxyl groups is 2. The largest absolute Gasteiger partial charge is 0.508 e. The third kappa shape index (κ3) is 3.21. The molecule has 1 amide bonds. The summed E-state index contributed by atoms with van der Waals surface area (Å²) in [4.78, 5) is 37.5. The number of anilines is 1. The van der Waals surface area contributed by atoms with Crippen LogP contribution < -0.4 is 5.32 Å². The molecule has 2 aromatic rings. The second-order valence-electron chi connectivity index (χ2n) is 4.50. The molecule has 0 aliphatic heterocycles. The number of carboxylic acids is 2. The summed E-state index contributed by atoms with van der Waals surface area (Å²) >= 11 is 0. The van der Waals surface area contributed by atoms with E-state index in [2.05, 4.69) is 4.98 Å². The molecule has 0 bridgehead atoms. The van der Waals surface area contributed by atoms with E-state index in [1.54, 1.807) is 0 Å². The van der Waals surface area contributed by atoms with Crippen LogP contribution in [0.1, 0.15) is 31.1 Å². The standard InChI is InChI=1S/C14H9FN2O7/c15-5-1-9(14(23)24)11(16-4-5)17-12(20)7-2-6(18)3-8(10(7)19)13(21)22/h1-4,18-19H,(H,21,22)(H,23,24)(H,16,17,20). The van der Waals surface area contributed by atoms with E-state index in [4.69, 9.17) is 10.2 Å². The Morgan fingerprint density at radius 3 is 2.12 bits per heavy atom. The molecular formula is C14H9FN2O7. The number of phenolic OH excluding ortho intramolecular Hbond substituents is 1. The molecule has 5 N–H and O–H groups in total. The highest BCUT2D eigenvalue weighted by atomic mass is 19.1. The number of hydrogen-bond donors (Lipinski definition) is 5. The van der Waals surface area contributed by atoms with Crippen molar-refractivity contribution in [3.8, 4) is 11.5 Å². The fourth-order valence-electron chi connectivity index (χ4n) is 1.83. The van der Waals surface area contributed by atoms with Gasteiger partial charge in [0.15, 0.2) is 0 Å². The summed E-state index contributed by atoms with van der Waals surface area (Å²) in [5, 5.41) is 39.1. The van der Waals surface area contributed by atoms with Gasteiger partial charge < -0.3 is 25.7 Å². The number of aromatic carboxylic acids is 2. The number of phenols is 2. The number of benzene rings is 1. The Morgan fingerprint density at radius 1 is 0.958 bits per heavy atom. The van der Waals surface area contributed by atoms with Crippen LogP contribution in [0.2, 0.25) is 0 Å². The Bertz CT molecular complexity index is 866. The third-order valence-corrected chi connectivity index (χ3v) is 2.89. The van der Waals surface area contributed by atoms with Gasteiger partial charge in [-0.15, -0.1) is 0 Å². The maximum atomic E-state index is 13.0. The summed E-state index contributed by atoms with van der Waals surface area (Å²) in [5.41, 5.74) is -2.01. The highest BCUT2D eigenvalue weighted by molar-refractivity contribution is 6.10. The van der Waals surface area contributed by atoms with E-state index < -0.39 is 57.7 Å².